The number of aryl methyl sites for hydroxylation is 1. The van der Waals surface area contributed by atoms with Gasteiger partial charge in [-0.25, -0.2) is 4.79 Å². The van der Waals surface area contributed by atoms with E-state index in [0.717, 1.165) is 18.2 Å². The summed E-state index contributed by atoms with van der Waals surface area (Å²) in [6.45, 7) is -1.61. The minimum absolute atomic E-state index is 0.0374. The van der Waals surface area contributed by atoms with Gasteiger partial charge in [-0.05, 0) is 24.1 Å². The predicted molar refractivity (Wildman–Crippen MR) is 98.7 cm³/mol. The third kappa shape index (κ3) is 3.81. The fourth-order valence-electron chi connectivity index (χ4n) is 3.00. The number of alkyl halides is 2. The average Bonchev–Trinajstić information content (AvgIpc) is 3.10. The average molecular weight is 387 g/mol. The van der Waals surface area contributed by atoms with Gasteiger partial charge in [0.05, 0.1) is 12.7 Å². The number of nitrogens with two attached hydrogens (primary N) is 1. The third-order valence-electron chi connectivity index (χ3n) is 4.32. The van der Waals surface area contributed by atoms with Gasteiger partial charge in [-0.15, -0.1) is 0 Å². The summed E-state index contributed by atoms with van der Waals surface area (Å²) in [4.78, 5) is 12.0. The first-order valence-corrected chi connectivity index (χ1v) is 8.45. The lowest BCUT2D eigenvalue weighted by Gasteiger charge is -2.29. The minimum atomic E-state index is -3.18. The van der Waals surface area contributed by atoms with E-state index in [2.05, 4.69) is 4.74 Å². The van der Waals surface area contributed by atoms with Gasteiger partial charge in [0.1, 0.15) is 5.76 Å². The van der Waals surface area contributed by atoms with Crippen molar-refractivity contribution < 1.29 is 27.5 Å². The van der Waals surface area contributed by atoms with E-state index >= 15 is 0 Å². The zero-order valence-electron chi connectivity index (χ0n) is 15.3. The van der Waals surface area contributed by atoms with Gasteiger partial charge in [0, 0.05) is 5.56 Å². The van der Waals surface area contributed by atoms with Crippen LogP contribution in [0.25, 0.3) is 11.1 Å². The molecular formula is C21H19F2NO4. The molecule has 146 valence electrons. The zero-order valence-corrected chi connectivity index (χ0v) is 15.3. The highest BCUT2D eigenvalue weighted by Gasteiger charge is 2.40. The van der Waals surface area contributed by atoms with Crippen molar-refractivity contribution in [2.24, 2.45) is 5.73 Å². The molecule has 28 heavy (non-hydrogen) atoms. The molecule has 1 heterocycles. The molecule has 1 unspecified atom stereocenters. The normalized spacial score (nSPS) is 13.4. The molecular weight excluding hydrogens is 368 g/mol. The molecule has 0 fully saturated rings. The van der Waals surface area contributed by atoms with E-state index in [1.807, 2.05) is 30.3 Å². The van der Waals surface area contributed by atoms with Crippen LogP contribution < -0.4 is 5.73 Å². The van der Waals surface area contributed by atoms with Crippen LogP contribution in [0.15, 0.2) is 65.1 Å². The van der Waals surface area contributed by atoms with Gasteiger partial charge in [0.25, 0.3) is 0 Å². The lowest BCUT2D eigenvalue weighted by molar-refractivity contribution is -0.197. The molecule has 3 rings (SSSR count). The van der Waals surface area contributed by atoms with Crippen molar-refractivity contribution in [3.05, 3.63) is 83.3 Å². The van der Waals surface area contributed by atoms with Gasteiger partial charge in [-0.1, -0.05) is 54.6 Å². The van der Waals surface area contributed by atoms with Crippen molar-refractivity contribution in [2.75, 3.05) is 7.11 Å². The van der Waals surface area contributed by atoms with Crippen LogP contribution >= 0.6 is 0 Å². The first-order chi connectivity index (χ1) is 13.3. The minimum Gasteiger partial charge on any atom is -0.463 e. The summed E-state index contributed by atoms with van der Waals surface area (Å²) in [6, 6.07) is 17.6. The van der Waals surface area contributed by atoms with Gasteiger partial charge >= 0.3 is 12.6 Å². The number of rotatable bonds is 6. The number of furan rings is 1. The summed E-state index contributed by atoms with van der Waals surface area (Å²) < 4.78 is 41.2. The molecule has 1 aromatic heterocycles. The molecule has 0 aliphatic heterocycles. The van der Waals surface area contributed by atoms with Crippen LogP contribution in [0.5, 0.6) is 0 Å². The summed E-state index contributed by atoms with van der Waals surface area (Å²) in [6.07, 6.45) is 0. The Balaban J connectivity index is 2.09. The monoisotopic (exact) mass is 387 g/mol. The molecule has 0 radical (unpaired) electrons. The van der Waals surface area contributed by atoms with Crippen LogP contribution in [0.4, 0.5) is 8.78 Å². The number of hydrogen-bond donors (Lipinski definition) is 1. The standard InChI is InChI=1S/C21H19F2NO4/c1-13-12-17(18(27-13)19(25)26-2)21(24,28-20(22)23)16-10-8-15(9-11-16)14-6-4-3-5-7-14/h3-12,20H,24H2,1-2H3. The lowest BCUT2D eigenvalue weighted by Crippen LogP contribution is -2.43. The Morgan fingerprint density at radius 1 is 1.07 bits per heavy atom. The molecule has 5 nitrogen and oxygen atoms in total. The zero-order chi connectivity index (χ0) is 20.3. The molecule has 0 amide bonds. The van der Waals surface area contributed by atoms with E-state index in [4.69, 9.17) is 14.9 Å². The van der Waals surface area contributed by atoms with Crippen LogP contribution in [0.1, 0.15) is 27.4 Å². The molecule has 0 aliphatic rings. The predicted octanol–water partition coefficient (Wildman–Crippen LogP) is 4.44. The van der Waals surface area contributed by atoms with Crippen LogP contribution in [0.3, 0.4) is 0 Å². The molecule has 2 aromatic carbocycles. The molecule has 3 aromatic rings. The number of carbonyl (C=O) groups is 1. The highest BCUT2D eigenvalue weighted by molar-refractivity contribution is 5.88. The number of hydrogen-bond acceptors (Lipinski definition) is 5. The van der Waals surface area contributed by atoms with Crippen molar-refractivity contribution in [1.29, 1.82) is 0 Å². The summed E-state index contributed by atoms with van der Waals surface area (Å²) in [5, 5.41) is 0. The van der Waals surface area contributed by atoms with Crippen LogP contribution in [-0.2, 0) is 15.2 Å². The van der Waals surface area contributed by atoms with Crippen LogP contribution in [0.2, 0.25) is 0 Å². The van der Waals surface area contributed by atoms with E-state index in [1.165, 1.54) is 6.07 Å². The van der Waals surface area contributed by atoms with E-state index in [-0.39, 0.29) is 16.9 Å². The lowest BCUT2D eigenvalue weighted by atomic mass is 9.93. The van der Waals surface area contributed by atoms with E-state index in [9.17, 15) is 13.6 Å². The summed E-state index contributed by atoms with van der Waals surface area (Å²) >= 11 is 0. The number of halogens is 2. The fourth-order valence-corrected chi connectivity index (χ4v) is 3.00. The second-order valence-corrected chi connectivity index (χ2v) is 6.15. The number of esters is 1. The first kappa shape index (κ1) is 19.7. The third-order valence-corrected chi connectivity index (χ3v) is 4.32. The summed E-state index contributed by atoms with van der Waals surface area (Å²) in [7, 11) is 1.16. The Morgan fingerprint density at radius 3 is 2.25 bits per heavy atom. The highest BCUT2D eigenvalue weighted by Crippen LogP contribution is 2.36. The number of methoxy groups -OCH3 is 1. The molecule has 0 bridgehead atoms. The molecule has 0 aliphatic carbocycles. The SMILES string of the molecule is COC(=O)c1oc(C)cc1C(N)(OC(F)F)c1ccc(-c2ccccc2)cc1. The van der Waals surface area contributed by atoms with Crippen molar-refractivity contribution in [3.8, 4) is 11.1 Å². The quantitative estimate of drug-likeness (QED) is 0.500. The number of benzene rings is 2. The topological polar surface area (TPSA) is 74.7 Å². The van der Waals surface area contributed by atoms with E-state index < -0.39 is 18.3 Å². The Kier molecular flexibility index (Phi) is 5.58. The van der Waals surface area contributed by atoms with Gasteiger partial charge in [0.2, 0.25) is 5.76 Å². The van der Waals surface area contributed by atoms with Gasteiger partial charge in [-0.3, -0.25) is 10.5 Å². The molecule has 7 heteroatoms. The van der Waals surface area contributed by atoms with Crippen molar-refractivity contribution in [1.82, 2.24) is 0 Å². The number of ether oxygens (including phenoxy) is 2. The molecule has 2 N–H and O–H groups in total. The van der Waals surface area contributed by atoms with Gasteiger partial charge in [-0.2, -0.15) is 8.78 Å². The van der Waals surface area contributed by atoms with Crippen molar-refractivity contribution >= 4 is 5.97 Å². The number of carbonyl (C=O) groups excluding carboxylic acids is 1. The van der Waals surface area contributed by atoms with E-state index in [0.29, 0.717) is 5.76 Å². The summed E-state index contributed by atoms with van der Waals surface area (Å²) in [5.41, 5.74) is 6.19. The van der Waals surface area contributed by atoms with E-state index in [1.54, 1.807) is 31.2 Å². The second kappa shape index (κ2) is 7.92. The maximum absolute atomic E-state index is 13.2. The summed E-state index contributed by atoms with van der Waals surface area (Å²) in [5.74, 6) is -0.809. The van der Waals surface area contributed by atoms with Crippen molar-refractivity contribution in [3.63, 3.8) is 0 Å². The highest BCUT2D eigenvalue weighted by atomic mass is 19.3. The van der Waals surface area contributed by atoms with Gasteiger partial charge < -0.3 is 9.15 Å². The smallest absolute Gasteiger partial charge is 0.374 e. The van der Waals surface area contributed by atoms with Crippen LogP contribution in [-0.4, -0.2) is 19.7 Å². The molecule has 0 saturated carbocycles. The fraction of sp³-hybridized carbons (Fsp3) is 0.190. The second-order valence-electron chi connectivity index (χ2n) is 6.15. The van der Waals surface area contributed by atoms with Crippen LogP contribution in [0, 0.1) is 6.92 Å². The molecule has 0 saturated heterocycles. The maximum atomic E-state index is 13.2. The first-order valence-electron chi connectivity index (χ1n) is 8.45. The molecule has 1 atom stereocenters. The largest absolute Gasteiger partial charge is 0.463 e. The van der Waals surface area contributed by atoms with Gasteiger partial charge in [0.15, 0.2) is 5.72 Å². The molecule has 0 spiro atoms. The Hall–Kier alpha value is -3.03. The maximum Gasteiger partial charge on any atom is 0.374 e. The Labute approximate surface area is 160 Å². The Morgan fingerprint density at radius 2 is 1.68 bits per heavy atom. The van der Waals surface area contributed by atoms with Crippen molar-refractivity contribution in [2.45, 2.75) is 19.3 Å². The Bertz CT molecular complexity index is 954.